The number of hydrogen-bond donors (Lipinski definition) is 2. The Labute approximate surface area is 145 Å². The van der Waals surface area contributed by atoms with Crippen LogP contribution in [0.25, 0.3) is 0 Å². The summed E-state index contributed by atoms with van der Waals surface area (Å²) >= 11 is 0. The standard InChI is InChI=1S/C17H20FN5O2/c1-25-17(24)11-6-8-23(9-7-11)16-14(19)15(20-10-21-16)22-13-5-3-2-4-12(13)18/h2-5,10-11H,6-9,19H2,1H3,(H,20,21,22). The molecule has 1 aromatic carbocycles. The van der Waals surface area contributed by atoms with Gasteiger partial charge in [-0.15, -0.1) is 0 Å². The fourth-order valence-electron chi connectivity index (χ4n) is 2.92. The molecule has 0 radical (unpaired) electrons. The summed E-state index contributed by atoms with van der Waals surface area (Å²) in [6.07, 6.45) is 2.74. The summed E-state index contributed by atoms with van der Waals surface area (Å²) < 4.78 is 18.6. The molecule has 0 atom stereocenters. The molecule has 0 spiro atoms. The Morgan fingerprint density at radius 1 is 1.32 bits per heavy atom. The van der Waals surface area contributed by atoms with Gasteiger partial charge in [0.1, 0.15) is 17.8 Å². The quantitative estimate of drug-likeness (QED) is 0.821. The van der Waals surface area contributed by atoms with Crippen molar-refractivity contribution in [2.75, 3.05) is 36.1 Å². The predicted molar refractivity (Wildman–Crippen MR) is 93.1 cm³/mol. The van der Waals surface area contributed by atoms with Gasteiger partial charge < -0.3 is 20.7 Å². The molecule has 1 aromatic heterocycles. The van der Waals surface area contributed by atoms with E-state index in [2.05, 4.69) is 15.3 Å². The number of piperidine rings is 1. The average molecular weight is 345 g/mol. The van der Waals surface area contributed by atoms with Gasteiger partial charge in [0.2, 0.25) is 0 Å². The highest BCUT2D eigenvalue weighted by molar-refractivity contribution is 5.79. The summed E-state index contributed by atoms with van der Waals surface area (Å²) in [5, 5.41) is 2.90. The number of nitrogens with two attached hydrogens (primary N) is 1. The first-order valence-corrected chi connectivity index (χ1v) is 8.05. The summed E-state index contributed by atoms with van der Waals surface area (Å²) in [6, 6.07) is 6.30. The zero-order valence-electron chi connectivity index (χ0n) is 13.9. The first-order chi connectivity index (χ1) is 12.1. The average Bonchev–Trinajstić information content (AvgIpc) is 2.65. The van der Waals surface area contributed by atoms with Crippen molar-refractivity contribution in [1.29, 1.82) is 0 Å². The Morgan fingerprint density at radius 3 is 2.72 bits per heavy atom. The van der Waals surface area contributed by atoms with Crippen LogP contribution in [-0.4, -0.2) is 36.1 Å². The number of nitrogen functional groups attached to an aromatic ring is 1. The monoisotopic (exact) mass is 345 g/mol. The third-order valence-corrected chi connectivity index (χ3v) is 4.32. The molecule has 3 N–H and O–H groups in total. The minimum absolute atomic E-state index is 0.0969. The normalized spacial score (nSPS) is 15.0. The van der Waals surface area contributed by atoms with Gasteiger partial charge in [-0.25, -0.2) is 14.4 Å². The number of rotatable bonds is 4. The minimum Gasteiger partial charge on any atom is -0.469 e. The Morgan fingerprint density at radius 2 is 2.04 bits per heavy atom. The van der Waals surface area contributed by atoms with Gasteiger partial charge in [-0.1, -0.05) is 12.1 Å². The van der Waals surface area contributed by atoms with Crippen molar-refractivity contribution in [3.05, 3.63) is 36.4 Å². The maximum absolute atomic E-state index is 13.8. The van der Waals surface area contributed by atoms with Gasteiger partial charge in [0.25, 0.3) is 0 Å². The van der Waals surface area contributed by atoms with Crippen LogP contribution in [0.4, 0.5) is 27.4 Å². The summed E-state index contributed by atoms with van der Waals surface area (Å²) in [4.78, 5) is 22.0. The lowest BCUT2D eigenvalue weighted by molar-refractivity contribution is -0.146. The Kier molecular flexibility index (Phi) is 4.97. The molecule has 0 aliphatic carbocycles. The van der Waals surface area contributed by atoms with E-state index in [0.29, 0.717) is 48.9 Å². The van der Waals surface area contributed by atoms with Crippen molar-refractivity contribution >= 4 is 29.0 Å². The number of anilines is 4. The van der Waals surface area contributed by atoms with Gasteiger partial charge in [-0.05, 0) is 25.0 Å². The topological polar surface area (TPSA) is 93.4 Å². The number of para-hydroxylation sites is 1. The Hall–Kier alpha value is -2.90. The molecule has 132 valence electrons. The van der Waals surface area contributed by atoms with E-state index in [4.69, 9.17) is 10.5 Å². The number of esters is 1. The van der Waals surface area contributed by atoms with Crippen LogP contribution < -0.4 is 16.0 Å². The molecule has 2 aromatic rings. The molecule has 25 heavy (non-hydrogen) atoms. The van der Waals surface area contributed by atoms with Gasteiger partial charge in [0.15, 0.2) is 11.6 Å². The molecular weight excluding hydrogens is 325 g/mol. The van der Waals surface area contributed by atoms with Gasteiger partial charge in [-0.3, -0.25) is 4.79 Å². The zero-order valence-corrected chi connectivity index (χ0v) is 13.9. The molecule has 1 aliphatic heterocycles. The summed E-state index contributed by atoms with van der Waals surface area (Å²) in [5.41, 5.74) is 6.83. The summed E-state index contributed by atoms with van der Waals surface area (Å²) in [5.74, 6) is 0.265. The SMILES string of the molecule is COC(=O)C1CCN(c2ncnc(Nc3ccccc3F)c2N)CC1. The lowest BCUT2D eigenvalue weighted by Gasteiger charge is -2.32. The molecule has 1 fully saturated rings. The van der Waals surface area contributed by atoms with Crippen molar-refractivity contribution in [3.8, 4) is 0 Å². The first kappa shape index (κ1) is 16.9. The first-order valence-electron chi connectivity index (χ1n) is 8.05. The zero-order chi connectivity index (χ0) is 17.8. The maximum atomic E-state index is 13.8. The molecule has 0 unspecified atom stereocenters. The molecule has 0 saturated carbocycles. The molecule has 0 bridgehead atoms. The van der Waals surface area contributed by atoms with Gasteiger partial charge in [0, 0.05) is 13.1 Å². The van der Waals surface area contributed by atoms with E-state index in [1.165, 1.54) is 19.5 Å². The number of nitrogens with one attached hydrogen (secondary N) is 1. The van der Waals surface area contributed by atoms with Crippen LogP contribution in [-0.2, 0) is 9.53 Å². The molecule has 2 heterocycles. The lowest BCUT2D eigenvalue weighted by Crippen LogP contribution is -2.37. The van der Waals surface area contributed by atoms with Crippen molar-refractivity contribution in [3.63, 3.8) is 0 Å². The number of aromatic nitrogens is 2. The van der Waals surface area contributed by atoms with Gasteiger partial charge in [-0.2, -0.15) is 0 Å². The smallest absolute Gasteiger partial charge is 0.308 e. The van der Waals surface area contributed by atoms with Crippen LogP contribution in [0.1, 0.15) is 12.8 Å². The van der Waals surface area contributed by atoms with Crippen molar-refractivity contribution in [1.82, 2.24) is 9.97 Å². The van der Waals surface area contributed by atoms with E-state index in [1.807, 2.05) is 4.90 Å². The molecule has 3 rings (SSSR count). The molecule has 8 heteroatoms. The summed E-state index contributed by atoms with van der Waals surface area (Å²) in [6.45, 7) is 1.28. The third kappa shape index (κ3) is 3.62. The van der Waals surface area contributed by atoms with Crippen LogP contribution in [0.5, 0.6) is 0 Å². The number of halogens is 1. The largest absolute Gasteiger partial charge is 0.469 e. The van der Waals surface area contributed by atoms with E-state index in [9.17, 15) is 9.18 Å². The van der Waals surface area contributed by atoms with Gasteiger partial charge >= 0.3 is 5.97 Å². The Balaban J connectivity index is 1.76. The minimum atomic E-state index is -0.388. The molecule has 7 nitrogen and oxygen atoms in total. The molecule has 1 aliphatic rings. The molecule has 0 amide bonds. The number of nitrogens with zero attached hydrogens (tertiary/aromatic N) is 3. The van der Waals surface area contributed by atoms with E-state index >= 15 is 0 Å². The van der Waals surface area contributed by atoms with Crippen LogP contribution in [0.15, 0.2) is 30.6 Å². The fraction of sp³-hybridized carbons (Fsp3) is 0.353. The van der Waals surface area contributed by atoms with Crippen LogP contribution in [0.3, 0.4) is 0 Å². The lowest BCUT2D eigenvalue weighted by atomic mass is 9.97. The number of benzene rings is 1. The fourth-order valence-corrected chi connectivity index (χ4v) is 2.92. The third-order valence-electron chi connectivity index (χ3n) is 4.32. The van der Waals surface area contributed by atoms with Gasteiger partial charge in [0.05, 0.1) is 18.7 Å². The number of hydrogen-bond acceptors (Lipinski definition) is 7. The van der Waals surface area contributed by atoms with Crippen molar-refractivity contribution < 1.29 is 13.9 Å². The van der Waals surface area contributed by atoms with E-state index in [1.54, 1.807) is 18.2 Å². The highest BCUT2D eigenvalue weighted by Crippen LogP contribution is 2.31. The maximum Gasteiger partial charge on any atom is 0.308 e. The van der Waals surface area contributed by atoms with Crippen LogP contribution >= 0.6 is 0 Å². The van der Waals surface area contributed by atoms with E-state index in [-0.39, 0.29) is 17.7 Å². The predicted octanol–water partition coefficient (Wildman–Crippen LogP) is 2.33. The number of carbonyl (C=O) groups excluding carboxylic acids is 1. The number of carbonyl (C=O) groups is 1. The van der Waals surface area contributed by atoms with Crippen LogP contribution in [0.2, 0.25) is 0 Å². The number of methoxy groups -OCH3 is 1. The number of ether oxygens (including phenoxy) is 1. The second kappa shape index (κ2) is 7.33. The highest BCUT2D eigenvalue weighted by Gasteiger charge is 2.27. The molecule has 1 saturated heterocycles. The van der Waals surface area contributed by atoms with Crippen LogP contribution in [0, 0.1) is 11.7 Å². The second-order valence-electron chi connectivity index (χ2n) is 5.85. The Bertz CT molecular complexity index is 762. The highest BCUT2D eigenvalue weighted by atomic mass is 19.1. The van der Waals surface area contributed by atoms with Crippen molar-refractivity contribution in [2.45, 2.75) is 12.8 Å². The van der Waals surface area contributed by atoms with E-state index < -0.39 is 0 Å². The molecular formula is C17H20FN5O2. The second-order valence-corrected chi connectivity index (χ2v) is 5.85. The summed E-state index contributed by atoms with van der Waals surface area (Å²) in [7, 11) is 1.40. The van der Waals surface area contributed by atoms with Crippen molar-refractivity contribution in [2.24, 2.45) is 5.92 Å². The van der Waals surface area contributed by atoms with E-state index in [0.717, 1.165) is 0 Å².